The van der Waals surface area contributed by atoms with Crippen molar-refractivity contribution in [3.63, 3.8) is 0 Å². The van der Waals surface area contributed by atoms with E-state index in [4.69, 9.17) is 11.6 Å². The highest BCUT2D eigenvalue weighted by molar-refractivity contribution is 7.91. The van der Waals surface area contributed by atoms with Crippen molar-refractivity contribution >= 4 is 33.4 Å². The molecule has 26 heavy (non-hydrogen) atoms. The molecule has 0 aliphatic carbocycles. The second kappa shape index (κ2) is 8.06. The van der Waals surface area contributed by atoms with Gasteiger partial charge < -0.3 is 4.90 Å². The molecule has 4 nitrogen and oxygen atoms in total. The smallest absolute Gasteiger partial charge is 0.247 e. The third-order valence-electron chi connectivity index (χ3n) is 4.42. The Kier molecular flexibility index (Phi) is 5.79. The standard InChI is InChI=1S/C20H20ClNO3S/c21-18-9-6-17(7-10-18)14-22(19-12-13-26(24,25)15-19)20(23)11-8-16-4-2-1-3-5-16/h1-11,19H,12-15H2. The van der Waals surface area contributed by atoms with Crippen LogP contribution in [-0.2, 0) is 21.2 Å². The lowest BCUT2D eigenvalue weighted by atomic mass is 10.1. The van der Waals surface area contributed by atoms with Crippen LogP contribution in [0.25, 0.3) is 6.08 Å². The average Bonchev–Trinajstić information content (AvgIpc) is 2.99. The van der Waals surface area contributed by atoms with Crippen molar-refractivity contribution in [2.75, 3.05) is 11.5 Å². The van der Waals surface area contributed by atoms with E-state index in [-0.39, 0.29) is 23.5 Å². The maximum absolute atomic E-state index is 12.8. The van der Waals surface area contributed by atoms with Gasteiger partial charge in [-0.25, -0.2) is 8.42 Å². The molecule has 3 rings (SSSR count). The van der Waals surface area contributed by atoms with Crippen molar-refractivity contribution < 1.29 is 13.2 Å². The summed E-state index contributed by atoms with van der Waals surface area (Å²) in [5, 5.41) is 0.624. The monoisotopic (exact) mass is 389 g/mol. The quantitative estimate of drug-likeness (QED) is 0.734. The molecule has 0 saturated carbocycles. The number of rotatable bonds is 5. The molecule has 2 aromatic carbocycles. The SMILES string of the molecule is O=C(C=Cc1ccccc1)N(Cc1ccc(Cl)cc1)C1CCS(=O)(=O)C1. The lowest BCUT2D eigenvalue weighted by molar-refractivity contribution is -0.128. The fraction of sp³-hybridized carbons (Fsp3) is 0.250. The fourth-order valence-corrected chi connectivity index (χ4v) is 4.88. The molecule has 6 heteroatoms. The number of nitrogens with zero attached hydrogens (tertiary/aromatic N) is 1. The van der Waals surface area contributed by atoms with E-state index in [1.165, 1.54) is 6.08 Å². The van der Waals surface area contributed by atoms with Crippen LogP contribution in [0.2, 0.25) is 5.02 Å². The van der Waals surface area contributed by atoms with Crippen LogP contribution in [0.4, 0.5) is 0 Å². The molecule has 2 aromatic rings. The van der Waals surface area contributed by atoms with Crippen LogP contribution in [0.5, 0.6) is 0 Å². The summed E-state index contributed by atoms with van der Waals surface area (Å²) in [5.41, 5.74) is 1.84. The highest BCUT2D eigenvalue weighted by Crippen LogP contribution is 2.21. The maximum Gasteiger partial charge on any atom is 0.247 e. The van der Waals surface area contributed by atoms with Crippen LogP contribution in [0.15, 0.2) is 60.7 Å². The Labute approximate surface area is 159 Å². The van der Waals surface area contributed by atoms with Crippen LogP contribution in [0, 0.1) is 0 Å². The van der Waals surface area contributed by atoms with Gasteiger partial charge in [0.15, 0.2) is 9.84 Å². The normalized spacial score (nSPS) is 18.9. The van der Waals surface area contributed by atoms with Gasteiger partial charge in [0.25, 0.3) is 0 Å². The number of carbonyl (C=O) groups excluding carboxylic acids is 1. The summed E-state index contributed by atoms with van der Waals surface area (Å²) < 4.78 is 23.7. The molecule has 1 aliphatic heterocycles. The van der Waals surface area contributed by atoms with Crippen molar-refractivity contribution in [2.45, 2.75) is 19.0 Å². The molecule has 1 saturated heterocycles. The van der Waals surface area contributed by atoms with Gasteiger partial charge >= 0.3 is 0 Å². The summed E-state index contributed by atoms with van der Waals surface area (Å²) >= 11 is 5.92. The molecule has 0 spiro atoms. The van der Waals surface area contributed by atoms with Gasteiger partial charge in [-0.15, -0.1) is 0 Å². The van der Waals surface area contributed by atoms with Gasteiger partial charge in [0, 0.05) is 23.7 Å². The van der Waals surface area contributed by atoms with Crippen molar-refractivity contribution in [1.82, 2.24) is 4.90 Å². The van der Waals surface area contributed by atoms with Gasteiger partial charge in [-0.05, 0) is 35.8 Å². The number of hydrogen-bond acceptors (Lipinski definition) is 3. The molecular formula is C20H20ClNO3S. The number of halogens is 1. The second-order valence-corrected chi connectivity index (χ2v) is 9.06. The Bertz CT molecular complexity index is 892. The highest BCUT2D eigenvalue weighted by atomic mass is 35.5. The van der Waals surface area contributed by atoms with E-state index in [2.05, 4.69) is 0 Å². The van der Waals surface area contributed by atoms with Crippen molar-refractivity contribution in [1.29, 1.82) is 0 Å². The third kappa shape index (κ3) is 4.96. The van der Waals surface area contributed by atoms with Crippen molar-refractivity contribution in [3.8, 4) is 0 Å². The molecule has 1 atom stereocenters. The summed E-state index contributed by atoms with van der Waals surface area (Å²) in [6.45, 7) is 0.356. The fourth-order valence-electron chi connectivity index (χ4n) is 3.02. The molecule has 1 fully saturated rings. The van der Waals surface area contributed by atoms with Gasteiger partial charge in [0.2, 0.25) is 5.91 Å². The average molecular weight is 390 g/mol. The zero-order valence-corrected chi connectivity index (χ0v) is 15.8. The van der Waals surface area contributed by atoms with E-state index in [0.29, 0.717) is 18.0 Å². The lowest BCUT2D eigenvalue weighted by Crippen LogP contribution is -2.39. The van der Waals surface area contributed by atoms with Crippen LogP contribution in [0.3, 0.4) is 0 Å². The van der Waals surface area contributed by atoms with Gasteiger partial charge in [0.05, 0.1) is 11.5 Å². The Morgan fingerprint density at radius 1 is 1.12 bits per heavy atom. The van der Waals surface area contributed by atoms with Crippen LogP contribution >= 0.6 is 11.6 Å². The lowest BCUT2D eigenvalue weighted by Gasteiger charge is -2.27. The van der Waals surface area contributed by atoms with Gasteiger partial charge in [-0.3, -0.25) is 4.79 Å². The summed E-state index contributed by atoms with van der Waals surface area (Å²) in [6.07, 6.45) is 3.73. The molecule has 1 heterocycles. The first-order valence-corrected chi connectivity index (χ1v) is 10.6. The van der Waals surface area contributed by atoms with E-state index in [9.17, 15) is 13.2 Å². The number of carbonyl (C=O) groups is 1. The third-order valence-corrected chi connectivity index (χ3v) is 6.42. The Morgan fingerprint density at radius 2 is 1.81 bits per heavy atom. The predicted molar refractivity (Wildman–Crippen MR) is 105 cm³/mol. The molecule has 0 bridgehead atoms. The number of benzene rings is 2. The van der Waals surface area contributed by atoms with Crippen LogP contribution < -0.4 is 0 Å². The van der Waals surface area contributed by atoms with E-state index in [1.807, 2.05) is 42.5 Å². The van der Waals surface area contributed by atoms with Crippen LogP contribution in [0.1, 0.15) is 17.5 Å². The molecule has 1 aliphatic rings. The highest BCUT2D eigenvalue weighted by Gasteiger charge is 2.34. The van der Waals surface area contributed by atoms with Crippen molar-refractivity contribution in [3.05, 3.63) is 76.8 Å². The van der Waals surface area contributed by atoms with E-state index in [0.717, 1.165) is 11.1 Å². The van der Waals surface area contributed by atoms with Crippen LogP contribution in [-0.4, -0.2) is 36.8 Å². The molecule has 0 radical (unpaired) electrons. The Hall–Kier alpha value is -2.11. The predicted octanol–water partition coefficient (Wildman–Crippen LogP) is 3.57. The van der Waals surface area contributed by atoms with E-state index < -0.39 is 9.84 Å². The van der Waals surface area contributed by atoms with E-state index >= 15 is 0 Å². The summed E-state index contributed by atoms with van der Waals surface area (Å²) in [4.78, 5) is 14.5. The molecule has 1 unspecified atom stereocenters. The minimum absolute atomic E-state index is 0.0194. The number of amides is 1. The molecule has 136 valence electrons. The van der Waals surface area contributed by atoms with Gasteiger partial charge in [0.1, 0.15) is 0 Å². The largest absolute Gasteiger partial charge is 0.331 e. The first kappa shape index (κ1) is 18.7. The van der Waals surface area contributed by atoms with Crippen molar-refractivity contribution in [2.24, 2.45) is 0 Å². The Balaban J connectivity index is 1.81. The topological polar surface area (TPSA) is 54.5 Å². The molecule has 0 N–H and O–H groups in total. The first-order valence-electron chi connectivity index (χ1n) is 8.41. The Morgan fingerprint density at radius 3 is 2.42 bits per heavy atom. The first-order chi connectivity index (χ1) is 12.4. The van der Waals surface area contributed by atoms with E-state index in [1.54, 1.807) is 23.1 Å². The molecule has 1 amide bonds. The minimum Gasteiger partial charge on any atom is -0.331 e. The number of sulfone groups is 1. The summed E-state index contributed by atoms with van der Waals surface area (Å²) in [6, 6.07) is 16.5. The number of hydrogen-bond donors (Lipinski definition) is 0. The second-order valence-electron chi connectivity index (χ2n) is 6.39. The summed E-state index contributed by atoms with van der Waals surface area (Å²) in [7, 11) is -3.08. The zero-order valence-electron chi connectivity index (χ0n) is 14.2. The zero-order chi connectivity index (χ0) is 18.6. The molecular weight excluding hydrogens is 370 g/mol. The van der Waals surface area contributed by atoms with Gasteiger partial charge in [-0.2, -0.15) is 0 Å². The molecule has 0 aromatic heterocycles. The summed E-state index contributed by atoms with van der Waals surface area (Å²) in [5.74, 6) is -0.0402. The minimum atomic E-state index is -3.08. The van der Waals surface area contributed by atoms with Gasteiger partial charge in [-0.1, -0.05) is 54.1 Å². The maximum atomic E-state index is 12.8.